The number of alkyl halides is 9. The number of hydrogen-bond acceptors (Lipinski definition) is 0. The van der Waals surface area contributed by atoms with Gasteiger partial charge in [0.15, 0.2) is 0 Å². The van der Waals surface area contributed by atoms with Crippen LogP contribution in [0.5, 0.6) is 0 Å². The Hall–Kier alpha value is -3.32. The normalized spacial score (nSPS) is 12.8. The fraction of sp³-hybridized carbons (Fsp3) is 0.115. The van der Waals surface area contributed by atoms with E-state index in [9.17, 15) is 39.5 Å². The monoisotopic (exact) mass is 528 g/mol. The molecule has 0 aliphatic rings. The van der Waals surface area contributed by atoms with Crippen molar-refractivity contribution in [3.05, 3.63) is 102 Å². The molecule has 0 nitrogen and oxygen atoms in total. The van der Waals surface area contributed by atoms with Gasteiger partial charge in [0, 0.05) is 10.6 Å². The summed E-state index contributed by atoms with van der Waals surface area (Å²) in [6.45, 7) is 0. The van der Waals surface area contributed by atoms with E-state index in [4.69, 9.17) is 0 Å². The van der Waals surface area contributed by atoms with Gasteiger partial charge in [-0.2, -0.15) is 39.5 Å². The summed E-state index contributed by atoms with van der Waals surface area (Å²) in [7, 11) is 0.337. The molecule has 0 saturated carbocycles. The van der Waals surface area contributed by atoms with Crippen LogP contribution < -0.4 is 0 Å². The van der Waals surface area contributed by atoms with E-state index in [1.807, 2.05) is 0 Å². The predicted molar refractivity (Wildman–Crippen MR) is 120 cm³/mol. The molecule has 1 aromatic heterocycles. The average molecular weight is 528 g/mol. The second kappa shape index (κ2) is 9.28. The molecule has 0 bridgehead atoms. The first-order valence-electron chi connectivity index (χ1n) is 10.3. The van der Waals surface area contributed by atoms with Crippen molar-refractivity contribution in [3.63, 3.8) is 0 Å². The zero-order valence-electron chi connectivity index (χ0n) is 17.9. The summed E-state index contributed by atoms with van der Waals surface area (Å²) in [4.78, 5) is 0. The summed E-state index contributed by atoms with van der Waals surface area (Å²) in [5.41, 5.74) is -2.73. The van der Waals surface area contributed by atoms with Crippen molar-refractivity contribution in [1.82, 2.24) is 0 Å². The van der Waals surface area contributed by atoms with E-state index in [1.54, 1.807) is 36.4 Å². The molecule has 0 fully saturated rings. The van der Waals surface area contributed by atoms with Crippen LogP contribution in [0.1, 0.15) is 16.7 Å². The molecular formula is C26H14F9P. The highest BCUT2D eigenvalue weighted by atomic mass is 31.0. The van der Waals surface area contributed by atoms with Crippen molar-refractivity contribution in [1.29, 1.82) is 0 Å². The summed E-state index contributed by atoms with van der Waals surface area (Å²) in [6, 6.07) is 17.2. The van der Waals surface area contributed by atoms with Gasteiger partial charge < -0.3 is 0 Å². The molecule has 0 amide bonds. The van der Waals surface area contributed by atoms with E-state index in [2.05, 4.69) is 0 Å². The van der Waals surface area contributed by atoms with Crippen LogP contribution in [0.2, 0.25) is 0 Å². The maximum absolute atomic E-state index is 13.4. The lowest BCUT2D eigenvalue weighted by molar-refractivity contribution is -0.143. The Morgan fingerprint density at radius 1 is 0.389 bits per heavy atom. The minimum absolute atomic E-state index is 0.0538. The molecule has 0 saturated heterocycles. The van der Waals surface area contributed by atoms with Crippen LogP contribution in [0.4, 0.5) is 39.5 Å². The van der Waals surface area contributed by atoms with Crippen LogP contribution in [0.25, 0.3) is 32.8 Å². The summed E-state index contributed by atoms with van der Waals surface area (Å²) < 4.78 is 119. The third-order valence-corrected chi connectivity index (χ3v) is 6.58. The van der Waals surface area contributed by atoms with Gasteiger partial charge in [-0.15, -0.1) is 0 Å². The van der Waals surface area contributed by atoms with Crippen molar-refractivity contribution < 1.29 is 39.5 Å². The minimum atomic E-state index is -5.01. The van der Waals surface area contributed by atoms with Gasteiger partial charge in [-0.3, -0.25) is 0 Å². The van der Waals surface area contributed by atoms with Gasteiger partial charge in [0.25, 0.3) is 0 Å². The van der Waals surface area contributed by atoms with Gasteiger partial charge >= 0.3 is 18.5 Å². The van der Waals surface area contributed by atoms with Crippen molar-refractivity contribution in [2.24, 2.45) is 0 Å². The van der Waals surface area contributed by atoms with E-state index >= 15 is 0 Å². The first kappa shape index (κ1) is 25.8. The Morgan fingerprint density at radius 3 is 1.33 bits per heavy atom. The zero-order valence-corrected chi connectivity index (χ0v) is 18.8. The van der Waals surface area contributed by atoms with Crippen LogP contribution in [0.3, 0.4) is 0 Å². The lowest BCUT2D eigenvalue weighted by Gasteiger charge is -2.16. The Bertz CT molecular complexity index is 1340. The smallest absolute Gasteiger partial charge is 0.166 e. The van der Waals surface area contributed by atoms with Crippen molar-refractivity contribution in [2.45, 2.75) is 18.5 Å². The fourth-order valence-electron chi connectivity index (χ4n) is 3.56. The molecule has 0 radical (unpaired) electrons. The minimum Gasteiger partial charge on any atom is -0.166 e. The fourth-order valence-corrected chi connectivity index (χ4v) is 4.76. The summed E-state index contributed by atoms with van der Waals surface area (Å²) in [6.07, 6.45) is -14.6. The Morgan fingerprint density at radius 2 is 0.861 bits per heavy atom. The maximum Gasteiger partial charge on any atom is 0.416 e. The Labute approximate surface area is 201 Å². The molecule has 4 aromatic rings. The molecule has 4 rings (SSSR count). The van der Waals surface area contributed by atoms with Gasteiger partial charge in [0.05, 0.1) is 16.7 Å². The highest BCUT2D eigenvalue weighted by molar-refractivity contribution is 7.37. The number of hydrogen-bond donors (Lipinski definition) is 0. The van der Waals surface area contributed by atoms with Gasteiger partial charge in [-0.25, -0.2) is 0 Å². The topological polar surface area (TPSA) is 0 Å². The van der Waals surface area contributed by atoms with Gasteiger partial charge in [0.2, 0.25) is 0 Å². The third kappa shape index (κ3) is 5.73. The molecule has 36 heavy (non-hydrogen) atoms. The van der Waals surface area contributed by atoms with Crippen molar-refractivity contribution >= 4 is 8.19 Å². The number of benzene rings is 3. The second-order valence-electron chi connectivity index (χ2n) is 7.86. The van der Waals surface area contributed by atoms with E-state index < -0.39 is 35.2 Å². The van der Waals surface area contributed by atoms with Crippen LogP contribution in [-0.2, 0) is 18.5 Å². The quantitative estimate of drug-likeness (QED) is 0.232. The van der Waals surface area contributed by atoms with Gasteiger partial charge in [-0.1, -0.05) is 50.7 Å². The Balaban J connectivity index is 1.94. The highest BCUT2D eigenvalue weighted by Gasteiger charge is 2.37. The molecular weight excluding hydrogens is 514 g/mol. The van der Waals surface area contributed by atoms with E-state index in [0.717, 1.165) is 12.1 Å². The highest BCUT2D eigenvalue weighted by Crippen LogP contribution is 2.44. The molecule has 0 aliphatic heterocycles. The Kier molecular flexibility index (Phi) is 6.64. The molecule has 0 unspecified atom stereocenters. The van der Waals surface area contributed by atoms with E-state index in [1.165, 1.54) is 18.2 Å². The average Bonchev–Trinajstić information content (AvgIpc) is 2.82. The summed E-state index contributed by atoms with van der Waals surface area (Å²) in [5, 5.41) is 0.705. The lowest BCUT2D eigenvalue weighted by Crippen LogP contribution is -2.11. The standard InChI is InChI=1S/C26H14F9P/c27-24(28,29)19-8-6-15(7-9-19)17-12-22(16-4-2-1-3-5-16)36-23(13-17)18-10-20(25(30,31)32)14-21(11-18)26(33,34)35/h1-14H. The molecule has 1 heterocycles. The molecule has 0 atom stereocenters. The van der Waals surface area contributed by atoms with Crippen LogP contribution in [-0.4, -0.2) is 0 Å². The zero-order chi connectivity index (χ0) is 26.3. The van der Waals surface area contributed by atoms with Gasteiger partial charge in [-0.05, 0) is 64.7 Å². The van der Waals surface area contributed by atoms with Crippen molar-refractivity contribution in [3.8, 4) is 32.8 Å². The number of rotatable bonds is 3. The van der Waals surface area contributed by atoms with Crippen LogP contribution in [0, 0.1) is 0 Å². The number of halogens is 9. The molecule has 0 spiro atoms. The first-order valence-corrected chi connectivity index (χ1v) is 11.2. The maximum atomic E-state index is 13.4. The van der Waals surface area contributed by atoms with E-state index in [0.29, 0.717) is 42.3 Å². The largest absolute Gasteiger partial charge is 0.416 e. The summed E-state index contributed by atoms with van der Waals surface area (Å²) in [5.74, 6) is 0. The van der Waals surface area contributed by atoms with Crippen LogP contribution in [0.15, 0.2) is 84.9 Å². The SMILES string of the molecule is FC(F)(F)c1ccc(-c2cc(-c3ccccc3)pc(-c3cc(C(F)(F)F)cc(C(F)(F)F)c3)c2)cc1. The third-order valence-electron chi connectivity index (χ3n) is 5.32. The van der Waals surface area contributed by atoms with Crippen molar-refractivity contribution in [2.75, 3.05) is 0 Å². The molecule has 186 valence electrons. The first-order chi connectivity index (χ1) is 16.7. The summed E-state index contributed by atoms with van der Waals surface area (Å²) >= 11 is 0. The second-order valence-corrected chi connectivity index (χ2v) is 9.05. The van der Waals surface area contributed by atoms with Gasteiger partial charge in [0.1, 0.15) is 0 Å². The molecule has 10 heteroatoms. The molecule has 0 N–H and O–H groups in total. The van der Waals surface area contributed by atoms with E-state index in [-0.39, 0.29) is 16.9 Å². The van der Waals surface area contributed by atoms with Crippen LogP contribution >= 0.6 is 8.19 Å². The lowest BCUT2D eigenvalue weighted by atomic mass is 10.00. The molecule has 3 aromatic carbocycles. The predicted octanol–water partition coefficient (Wildman–Crippen LogP) is 10.3. The molecule has 0 aliphatic carbocycles.